The molecule has 3 nitrogen and oxygen atoms in total. The zero-order chi connectivity index (χ0) is 13.4. The number of ether oxygens (including phenoxy) is 1. The summed E-state index contributed by atoms with van der Waals surface area (Å²) in [6, 6.07) is 10.5. The molecule has 0 aromatic heterocycles. The molecular weight excluding hydrogens is 224 g/mol. The highest BCUT2D eigenvalue weighted by Gasteiger charge is 2.41. The summed E-state index contributed by atoms with van der Waals surface area (Å²) in [5.41, 5.74) is 0.527. The summed E-state index contributed by atoms with van der Waals surface area (Å²) in [6.07, 6.45) is 0. The number of para-hydroxylation sites is 1. The minimum atomic E-state index is -0.367. The first-order chi connectivity index (χ1) is 8.36. The van der Waals surface area contributed by atoms with Gasteiger partial charge in [0.15, 0.2) is 0 Å². The average Bonchev–Trinajstić information content (AvgIpc) is 2.56. The molecule has 0 radical (unpaired) electrons. The van der Waals surface area contributed by atoms with Crippen LogP contribution in [0, 0.1) is 16.7 Å². The lowest BCUT2D eigenvalue weighted by Crippen LogP contribution is -2.42. The summed E-state index contributed by atoms with van der Waals surface area (Å²) in [5.74, 6) is 0.940. The van der Waals surface area contributed by atoms with E-state index < -0.39 is 0 Å². The quantitative estimate of drug-likeness (QED) is 0.888. The van der Waals surface area contributed by atoms with Crippen LogP contribution in [0.15, 0.2) is 24.3 Å². The van der Waals surface area contributed by atoms with Gasteiger partial charge in [0.1, 0.15) is 11.4 Å². The van der Waals surface area contributed by atoms with Gasteiger partial charge >= 0.3 is 0 Å². The lowest BCUT2D eigenvalue weighted by atomic mass is 9.91. The number of nitrogens with zero attached hydrogens (tertiary/aromatic N) is 1. The van der Waals surface area contributed by atoms with Gasteiger partial charge in [-0.1, -0.05) is 18.2 Å². The Bertz CT molecular complexity index is 486. The normalized spacial score (nSPS) is 20.9. The first kappa shape index (κ1) is 12.9. The SMILES string of the molecule is CC(C)(C#N)CNC1c2ccccc2OC1(C)C. The van der Waals surface area contributed by atoms with Crippen LogP contribution in [0.5, 0.6) is 5.75 Å². The van der Waals surface area contributed by atoms with Crippen LogP contribution in [0.3, 0.4) is 0 Å². The van der Waals surface area contributed by atoms with E-state index in [4.69, 9.17) is 10.00 Å². The summed E-state index contributed by atoms with van der Waals surface area (Å²) in [7, 11) is 0. The average molecular weight is 244 g/mol. The van der Waals surface area contributed by atoms with Crippen LogP contribution in [0.4, 0.5) is 0 Å². The Morgan fingerprint density at radius 3 is 2.72 bits per heavy atom. The summed E-state index contributed by atoms with van der Waals surface area (Å²) < 4.78 is 5.96. The van der Waals surface area contributed by atoms with Gasteiger partial charge in [-0.3, -0.25) is 0 Å². The van der Waals surface area contributed by atoms with Gasteiger partial charge in [0.25, 0.3) is 0 Å². The van der Waals surface area contributed by atoms with E-state index in [1.807, 2.05) is 32.0 Å². The second-order valence-electron chi connectivity index (χ2n) is 6.05. The van der Waals surface area contributed by atoms with Crippen LogP contribution in [0.2, 0.25) is 0 Å². The van der Waals surface area contributed by atoms with Gasteiger partial charge in [-0.2, -0.15) is 5.26 Å². The van der Waals surface area contributed by atoms with Crippen molar-refractivity contribution in [1.82, 2.24) is 5.32 Å². The van der Waals surface area contributed by atoms with Crippen LogP contribution >= 0.6 is 0 Å². The predicted octanol–water partition coefficient (Wildman–Crippen LogP) is 3.04. The highest BCUT2D eigenvalue weighted by atomic mass is 16.5. The van der Waals surface area contributed by atoms with Crippen molar-refractivity contribution in [2.75, 3.05) is 6.54 Å². The molecule has 18 heavy (non-hydrogen) atoms. The molecule has 0 saturated carbocycles. The maximum Gasteiger partial charge on any atom is 0.125 e. The van der Waals surface area contributed by atoms with Crippen LogP contribution in [0.1, 0.15) is 39.3 Å². The first-order valence-corrected chi connectivity index (χ1v) is 6.28. The molecule has 1 N–H and O–H groups in total. The molecule has 1 atom stereocenters. The molecule has 1 heterocycles. The smallest absolute Gasteiger partial charge is 0.125 e. The second kappa shape index (κ2) is 4.29. The Labute approximate surface area is 109 Å². The van der Waals surface area contributed by atoms with E-state index in [2.05, 4.69) is 31.3 Å². The van der Waals surface area contributed by atoms with Gasteiger partial charge in [-0.15, -0.1) is 0 Å². The molecule has 1 aromatic rings. The molecule has 0 amide bonds. The predicted molar refractivity (Wildman–Crippen MR) is 71.3 cm³/mol. The lowest BCUT2D eigenvalue weighted by Gasteiger charge is -2.29. The molecule has 1 aromatic carbocycles. The summed E-state index contributed by atoms with van der Waals surface area (Å²) in [5, 5.41) is 12.5. The van der Waals surface area contributed by atoms with Crippen molar-refractivity contribution in [2.45, 2.75) is 39.3 Å². The molecule has 1 aliphatic heterocycles. The van der Waals surface area contributed by atoms with E-state index >= 15 is 0 Å². The molecule has 0 fully saturated rings. The Morgan fingerprint density at radius 1 is 1.39 bits per heavy atom. The highest BCUT2D eigenvalue weighted by Crippen LogP contribution is 2.42. The monoisotopic (exact) mass is 244 g/mol. The van der Waals surface area contributed by atoms with Crippen molar-refractivity contribution in [3.8, 4) is 11.8 Å². The Balaban J connectivity index is 2.19. The molecular formula is C15H20N2O. The number of rotatable bonds is 3. The number of nitrogens with one attached hydrogen (secondary N) is 1. The first-order valence-electron chi connectivity index (χ1n) is 6.28. The fraction of sp³-hybridized carbons (Fsp3) is 0.533. The number of nitriles is 1. The fourth-order valence-electron chi connectivity index (χ4n) is 2.28. The molecule has 0 bridgehead atoms. The number of hydrogen-bond donors (Lipinski definition) is 1. The molecule has 0 aliphatic carbocycles. The Kier molecular flexibility index (Phi) is 3.08. The third-order valence-corrected chi connectivity index (χ3v) is 3.35. The van der Waals surface area contributed by atoms with E-state index in [-0.39, 0.29) is 17.1 Å². The van der Waals surface area contributed by atoms with Gasteiger partial charge in [0, 0.05) is 12.1 Å². The molecule has 1 unspecified atom stereocenters. The van der Waals surface area contributed by atoms with Crippen LogP contribution in [0.25, 0.3) is 0 Å². The largest absolute Gasteiger partial charge is 0.486 e. The molecule has 0 spiro atoms. The maximum absolute atomic E-state index is 9.07. The van der Waals surface area contributed by atoms with Gasteiger partial charge in [-0.05, 0) is 33.8 Å². The zero-order valence-corrected chi connectivity index (χ0v) is 11.4. The minimum absolute atomic E-state index is 0.126. The molecule has 3 heteroatoms. The number of fused-ring (bicyclic) bond motifs is 1. The summed E-state index contributed by atoms with van der Waals surface area (Å²) in [6.45, 7) is 8.67. The van der Waals surface area contributed by atoms with E-state index in [9.17, 15) is 0 Å². The van der Waals surface area contributed by atoms with Crippen LogP contribution < -0.4 is 10.1 Å². The van der Waals surface area contributed by atoms with Crippen LogP contribution in [-0.4, -0.2) is 12.1 Å². The van der Waals surface area contributed by atoms with Gasteiger partial charge in [-0.25, -0.2) is 0 Å². The Morgan fingerprint density at radius 2 is 2.06 bits per heavy atom. The van der Waals surface area contributed by atoms with E-state index in [0.29, 0.717) is 6.54 Å². The molecule has 96 valence electrons. The van der Waals surface area contributed by atoms with Crippen LogP contribution in [-0.2, 0) is 0 Å². The van der Waals surface area contributed by atoms with Crippen molar-refractivity contribution >= 4 is 0 Å². The third-order valence-electron chi connectivity index (χ3n) is 3.35. The molecule has 0 saturated heterocycles. The van der Waals surface area contributed by atoms with E-state index in [1.54, 1.807) is 0 Å². The lowest BCUT2D eigenvalue weighted by molar-refractivity contribution is 0.0935. The fourth-order valence-corrected chi connectivity index (χ4v) is 2.28. The summed E-state index contributed by atoms with van der Waals surface area (Å²) in [4.78, 5) is 0. The van der Waals surface area contributed by atoms with Crippen molar-refractivity contribution < 1.29 is 4.74 Å². The third kappa shape index (κ3) is 2.34. The standard InChI is InChI=1S/C15H20N2O/c1-14(2,9-16)10-17-13-11-7-5-6-8-12(11)18-15(13,3)4/h5-8,13,17H,10H2,1-4H3. The van der Waals surface area contributed by atoms with E-state index in [0.717, 1.165) is 5.75 Å². The number of hydrogen-bond acceptors (Lipinski definition) is 3. The van der Waals surface area contributed by atoms with Gasteiger partial charge in [0.05, 0.1) is 17.5 Å². The van der Waals surface area contributed by atoms with Crippen molar-refractivity contribution in [1.29, 1.82) is 5.26 Å². The minimum Gasteiger partial charge on any atom is -0.486 e. The highest BCUT2D eigenvalue weighted by molar-refractivity contribution is 5.42. The maximum atomic E-state index is 9.07. The van der Waals surface area contributed by atoms with Gasteiger partial charge in [0.2, 0.25) is 0 Å². The molecule has 2 rings (SSSR count). The molecule has 1 aliphatic rings. The second-order valence-corrected chi connectivity index (χ2v) is 6.05. The number of benzene rings is 1. The zero-order valence-electron chi connectivity index (χ0n) is 11.4. The van der Waals surface area contributed by atoms with E-state index in [1.165, 1.54) is 5.56 Å². The summed E-state index contributed by atoms with van der Waals surface area (Å²) >= 11 is 0. The van der Waals surface area contributed by atoms with Crippen molar-refractivity contribution in [3.63, 3.8) is 0 Å². The van der Waals surface area contributed by atoms with Crippen molar-refractivity contribution in [2.24, 2.45) is 5.41 Å². The Hall–Kier alpha value is -1.53. The van der Waals surface area contributed by atoms with Crippen molar-refractivity contribution in [3.05, 3.63) is 29.8 Å². The van der Waals surface area contributed by atoms with Gasteiger partial charge < -0.3 is 10.1 Å². The topological polar surface area (TPSA) is 45.0 Å².